The van der Waals surface area contributed by atoms with Gasteiger partial charge in [0.1, 0.15) is 18.2 Å². The highest BCUT2D eigenvalue weighted by atomic mass is 16.5. The highest BCUT2D eigenvalue weighted by Crippen LogP contribution is 2.17. The van der Waals surface area contributed by atoms with Crippen molar-refractivity contribution in [2.45, 2.75) is 39.2 Å². The Hall–Kier alpha value is -3.08. The molecule has 3 rings (SSSR count). The van der Waals surface area contributed by atoms with Crippen molar-refractivity contribution in [3.05, 3.63) is 77.9 Å². The molecule has 1 amide bonds. The zero-order chi connectivity index (χ0) is 19.8. The first-order chi connectivity index (χ1) is 13.6. The van der Waals surface area contributed by atoms with Crippen molar-refractivity contribution in [3.63, 3.8) is 0 Å². The predicted octanol–water partition coefficient (Wildman–Crippen LogP) is 4.52. The molecule has 0 radical (unpaired) electrons. The normalized spacial score (nSPS) is 10.6. The smallest absolute Gasteiger partial charge is 0.228 e. The molecule has 146 valence electrons. The molecule has 0 unspecified atom stereocenters. The molecule has 0 atom stereocenters. The van der Waals surface area contributed by atoms with E-state index in [-0.39, 0.29) is 5.91 Å². The number of imidazole rings is 1. The van der Waals surface area contributed by atoms with E-state index in [1.165, 1.54) is 18.4 Å². The third kappa shape index (κ3) is 5.71. The number of anilines is 1. The Morgan fingerprint density at radius 1 is 1.07 bits per heavy atom. The van der Waals surface area contributed by atoms with Gasteiger partial charge in [0.25, 0.3) is 0 Å². The summed E-state index contributed by atoms with van der Waals surface area (Å²) >= 11 is 0. The second-order valence-corrected chi connectivity index (χ2v) is 6.91. The lowest BCUT2D eigenvalue weighted by molar-refractivity contribution is -0.115. The number of rotatable bonds is 9. The Kier molecular flexibility index (Phi) is 6.84. The molecule has 0 saturated carbocycles. The van der Waals surface area contributed by atoms with E-state index in [1.54, 1.807) is 6.20 Å². The number of ether oxygens (including phenoxy) is 1. The summed E-state index contributed by atoms with van der Waals surface area (Å²) in [5.74, 6) is 1.57. The number of aryl methyl sites for hydroxylation is 2. The summed E-state index contributed by atoms with van der Waals surface area (Å²) in [5.41, 5.74) is 3.11. The molecule has 28 heavy (non-hydrogen) atoms. The van der Waals surface area contributed by atoms with Crippen LogP contribution in [0.2, 0.25) is 0 Å². The molecule has 0 aliphatic rings. The van der Waals surface area contributed by atoms with Gasteiger partial charge < -0.3 is 14.6 Å². The van der Waals surface area contributed by atoms with Gasteiger partial charge in [-0.1, -0.05) is 37.6 Å². The average molecular weight is 377 g/mol. The second kappa shape index (κ2) is 9.74. The minimum absolute atomic E-state index is 0.0250. The van der Waals surface area contributed by atoms with Crippen LogP contribution in [-0.2, 0) is 31.3 Å². The monoisotopic (exact) mass is 377 g/mol. The second-order valence-electron chi connectivity index (χ2n) is 6.91. The molecule has 0 fully saturated rings. The molecule has 0 bridgehead atoms. The van der Waals surface area contributed by atoms with Crippen molar-refractivity contribution in [1.29, 1.82) is 0 Å². The van der Waals surface area contributed by atoms with Gasteiger partial charge in [-0.2, -0.15) is 0 Å². The molecular weight excluding hydrogens is 350 g/mol. The molecule has 2 aromatic carbocycles. The SMILES string of the molecule is CCCCc1ccc(CC(=O)Nc2ccc(OCc3nccn3C)cc2)cc1. The first kappa shape index (κ1) is 19.7. The first-order valence-electron chi connectivity index (χ1n) is 9.71. The van der Waals surface area contributed by atoms with Crippen molar-refractivity contribution in [3.8, 4) is 5.75 Å². The zero-order valence-electron chi connectivity index (χ0n) is 16.5. The van der Waals surface area contributed by atoms with E-state index in [9.17, 15) is 4.79 Å². The number of carbonyl (C=O) groups excluding carboxylic acids is 1. The van der Waals surface area contributed by atoms with E-state index in [0.717, 1.165) is 29.2 Å². The molecule has 3 aromatic rings. The van der Waals surface area contributed by atoms with Crippen LogP contribution in [0.1, 0.15) is 36.7 Å². The Bertz CT molecular complexity index is 883. The highest BCUT2D eigenvalue weighted by Gasteiger charge is 2.06. The number of amides is 1. The molecule has 1 heterocycles. The standard InChI is InChI=1S/C23H27N3O2/c1-3-4-5-18-6-8-19(9-7-18)16-23(27)25-20-10-12-21(13-11-20)28-17-22-24-14-15-26(22)2/h6-15H,3-5,16-17H2,1-2H3,(H,25,27). The van der Waals surface area contributed by atoms with Gasteiger partial charge in [0.15, 0.2) is 0 Å². The van der Waals surface area contributed by atoms with Gasteiger partial charge in [-0.25, -0.2) is 4.98 Å². The topological polar surface area (TPSA) is 56.1 Å². The van der Waals surface area contributed by atoms with E-state index in [2.05, 4.69) is 29.4 Å². The number of nitrogens with zero attached hydrogens (tertiary/aromatic N) is 2. The van der Waals surface area contributed by atoms with E-state index < -0.39 is 0 Å². The van der Waals surface area contributed by atoms with Crippen molar-refractivity contribution in [1.82, 2.24) is 9.55 Å². The summed E-state index contributed by atoms with van der Waals surface area (Å²) in [5, 5.41) is 2.93. The molecule has 0 saturated heterocycles. The van der Waals surface area contributed by atoms with Crippen LogP contribution in [0.25, 0.3) is 0 Å². The van der Waals surface area contributed by atoms with Gasteiger partial charge in [-0.15, -0.1) is 0 Å². The Morgan fingerprint density at radius 3 is 2.43 bits per heavy atom. The zero-order valence-corrected chi connectivity index (χ0v) is 16.5. The van der Waals surface area contributed by atoms with E-state index in [4.69, 9.17) is 4.74 Å². The van der Waals surface area contributed by atoms with Crippen LogP contribution in [0.4, 0.5) is 5.69 Å². The largest absolute Gasteiger partial charge is 0.486 e. The van der Waals surface area contributed by atoms with Gasteiger partial charge in [-0.05, 0) is 48.2 Å². The lowest BCUT2D eigenvalue weighted by atomic mass is 10.0. The summed E-state index contributed by atoms with van der Waals surface area (Å²) in [6.45, 7) is 2.60. The fourth-order valence-corrected chi connectivity index (χ4v) is 2.91. The molecule has 0 aliphatic carbocycles. The quantitative estimate of drug-likeness (QED) is 0.596. The van der Waals surface area contributed by atoms with Gasteiger partial charge in [0, 0.05) is 25.1 Å². The lowest BCUT2D eigenvalue weighted by Gasteiger charge is -2.09. The average Bonchev–Trinajstić information content (AvgIpc) is 3.12. The van der Waals surface area contributed by atoms with Gasteiger partial charge in [0.2, 0.25) is 5.91 Å². The third-order valence-corrected chi connectivity index (χ3v) is 4.63. The van der Waals surface area contributed by atoms with Crippen LogP contribution in [0, 0.1) is 0 Å². The van der Waals surface area contributed by atoms with Crippen LogP contribution in [0.5, 0.6) is 5.75 Å². The van der Waals surface area contributed by atoms with Crippen LogP contribution < -0.4 is 10.1 Å². The molecular formula is C23H27N3O2. The number of benzene rings is 2. The molecule has 0 aliphatic heterocycles. The van der Waals surface area contributed by atoms with Crippen LogP contribution in [-0.4, -0.2) is 15.5 Å². The minimum atomic E-state index is -0.0250. The first-order valence-corrected chi connectivity index (χ1v) is 9.71. The van der Waals surface area contributed by atoms with Crippen LogP contribution in [0.15, 0.2) is 60.9 Å². The number of carbonyl (C=O) groups is 1. The highest BCUT2D eigenvalue weighted by molar-refractivity contribution is 5.92. The van der Waals surface area contributed by atoms with Crippen molar-refractivity contribution in [2.75, 3.05) is 5.32 Å². The minimum Gasteiger partial charge on any atom is -0.486 e. The number of aromatic nitrogens is 2. The van der Waals surface area contributed by atoms with E-state index >= 15 is 0 Å². The Labute approximate surface area is 166 Å². The Morgan fingerprint density at radius 2 is 1.79 bits per heavy atom. The summed E-state index contributed by atoms with van der Waals surface area (Å²) in [6.07, 6.45) is 7.48. The number of unbranched alkanes of at least 4 members (excludes halogenated alkanes) is 1. The van der Waals surface area contributed by atoms with E-state index in [0.29, 0.717) is 13.0 Å². The predicted molar refractivity (Wildman–Crippen MR) is 111 cm³/mol. The summed E-state index contributed by atoms with van der Waals surface area (Å²) in [7, 11) is 1.93. The maximum absolute atomic E-state index is 12.3. The maximum Gasteiger partial charge on any atom is 0.228 e. The fourth-order valence-electron chi connectivity index (χ4n) is 2.91. The van der Waals surface area contributed by atoms with Crippen LogP contribution in [0.3, 0.4) is 0 Å². The van der Waals surface area contributed by atoms with Crippen molar-refractivity contribution >= 4 is 11.6 Å². The Balaban J connectivity index is 1.48. The summed E-state index contributed by atoms with van der Waals surface area (Å²) in [6, 6.07) is 15.7. The molecule has 5 heteroatoms. The van der Waals surface area contributed by atoms with Crippen molar-refractivity contribution < 1.29 is 9.53 Å². The molecule has 1 aromatic heterocycles. The molecule has 1 N–H and O–H groups in total. The van der Waals surface area contributed by atoms with Gasteiger partial charge in [0.05, 0.1) is 6.42 Å². The van der Waals surface area contributed by atoms with Crippen LogP contribution >= 0.6 is 0 Å². The molecule has 0 spiro atoms. The fraction of sp³-hybridized carbons (Fsp3) is 0.304. The summed E-state index contributed by atoms with van der Waals surface area (Å²) in [4.78, 5) is 16.5. The van der Waals surface area contributed by atoms with Crippen molar-refractivity contribution in [2.24, 2.45) is 7.05 Å². The molecule has 5 nitrogen and oxygen atoms in total. The lowest BCUT2D eigenvalue weighted by Crippen LogP contribution is -2.14. The summed E-state index contributed by atoms with van der Waals surface area (Å²) < 4.78 is 7.65. The number of hydrogen-bond donors (Lipinski definition) is 1. The number of hydrogen-bond acceptors (Lipinski definition) is 3. The third-order valence-electron chi connectivity index (χ3n) is 4.63. The van der Waals surface area contributed by atoms with E-state index in [1.807, 2.05) is 54.2 Å². The van der Waals surface area contributed by atoms with Gasteiger partial charge in [-0.3, -0.25) is 4.79 Å². The number of nitrogens with one attached hydrogen (secondary N) is 1. The van der Waals surface area contributed by atoms with Gasteiger partial charge >= 0.3 is 0 Å². The maximum atomic E-state index is 12.3.